The fourth-order valence-corrected chi connectivity index (χ4v) is 6.86. The molecule has 0 aromatic carbocycles. The molecule has 0 aliphatic carbocycles. The van der Waals surface area contributed by atoms with Crippen LogP contribution in [-0.2, 0) is 13.1 Å². The summed E-state index contributed by atoms with van der Waals surface area (Å²) in [6.45, 7) is 8.32. The minimum absolute atomic E-state index is 0. The molecule has 0 unspecified atom stereocenters. The Hall–Kier alpha value is -3.12. The molecular formula is C25H26ClN7O2S2. The summed E-state index contributed by atoms with van der Waals surface area (Å²) in [6, 6.07) is 9.28. The smallest absolute Gasteiger partial charge is 0.259 e. The lowest BCUT2D eigenvalue weighted by Gasteiger charge is -2.44. The summed E-state index contributed by atoms with van der Waals surface area (Å²) < 4.78 is 3.99. The van der Waals surface area contributed by atoms with E-state index in [1.807, 2.05) is 49.0 Å². The van der Waals surface area contributed by atoms with Gasteiger partial charge in [-0.1, -0.05) is 6.07 Å². The number of hydrogen-bond acceptors (Lipinski definition) is 8. The minimum atomic E-state index is -0.0501. The van der Waals surface area contributed by atoms with E-state index >= 15 is 0 Å². The van der Waals surface area contributed by atoms with Gasteiger partial charge in [0.2, 0.25) is 0 Å². The van der Waals surface area contributed by atoms with Gasteiger partial charge in [0.25, 0.3) is 11.1 Å². The topological polar surface area (TPSA) is 84.9 Å². The predicted octanol–water partition coefficient (Wildman–Crippen LogP) is -0.122. The van der Waals surface area contributed by atoms with Crippen molar-refractivity contribution in [1.29, 1.82) is 0 Å². The molecule has 1 saturated heterocycles. The van der Waals surface area contributed by atoms with Gasteiger partial charge in [0, 0.05) is 40.5 Å². The number of halogens is 1. The van der Waals surface area contributed by atoms with Crippen molar-refractivity contribution in [3.63, 3.8) is 0 Å². The first-order valence-corrected chi connectivity index (χ1v) is 13.6. The normalized spacial score (nSPS) is 15.2. The molecule has 0 spiro atoms. The van der Waals surface area contributed by atoms with E-state index in [1.54, 1.807) is 20.9 Å². The van der Waals surface area contributed by atoms with Crippen LogP contribution in [0.1, 0.15) is 22.8 Å². The average molecular weight is 556 g/mol. The molecule has 0 saturated carbocycles. The molecule has 5 aromatic rings. The zero-order valence-corrected chi connectivity index (χ0v) is 22.9. The summed E-state index contributed by atoms with van der Waals surface area (Å²) >= 11 is 2.97. The van der Waals surface area contributed by atoms with E-state index in [0.29, 0.717) is 27.5 Å². The first-order valence-electron chi connectivity index (χ1n) is 11.9. The number of aromatic nitrogens is 5. The van der Waals surface area contributed by atoms with Crippen LogP contribution in [0, 0.1) is 13.8 Å². The van der Waals surface area contributed by atoms with Crippen molar-refractivity contribution >= 4 is 38.4 Å². The Morgan fingerprint density at radius 2 is 1.41 bits per heavy atom. The third kappa shape index (κ3) is 4.79. The summed E-state index contributed by atoms with van der Waals surface area (Å²) in [5.41, 5.74) is 3.25. The number of quaternary nitrogens is 1. The zero-order valence-electron chi connectivity index (χ0n) is 20.5. The summed E-state index contributed by atoms with van der Waals surface area (Å²) in [4.78, 5) is 43.7. The standard InChI is InChI=1S/C25H26N7O2S2.ClH/c1-17-15-35-24-27-19(11-22(33)30(17)24)13-32(9-7-29(8-10-32)21-5-3-4-6-26-21)14-20-12-23(34)31-18(2)16-36-25(31)28-20;/h3-6,11-12,15-16H,7-10,13-14H2,1-2H3;1H/q+1;/p-1. The molecule has 0 bridgehead atoms. The fourth-order valence-electron chi connectivity index (χ4n) is 5.08. The second kappa shape index (κ2) is 9.97. The molecule has 0 N–H and O–H groups in total. The maximum Gasteiger partial charge on any atom is 0.259 e. The van der Waals surface area contributed by atoms with Crippen molar-refractivity contribution in [2.45, 2.75) is 26.9 Å². The molecule has 0 atom stereocenters. The average Bonchev–Trinajstić information content (AvgIpc) is 3.43. The molecule has 0 amide bonds. The van der Waals surface area contributed by atoms with Crippen LogP contribution in [0.25, 0.3) is 9.92 Å². The van der Waals surface area contributed by atoms with Crippen LogP contribution in [0.2, 0.25) is 0 Å². The number of aryl methyl sites for hydroxylation is 2. The number of fused-ring (bicyclic) bond motifs is 2. The Morgan fingerprint density at radius 1 is 0.865 bits per heavy atom. The van der Waals surface area contributed by atoms with Gasteiger partial charge in [-0.15, -0.1) is 22.7 Å². The van der Waals surface area contributed by atoms with E-state index in [4.69, 9.17) is 9.97 Å². The van der Waals surface area contributed by atoms with Crippen molar-refractivity contribution in [2.24, 2.45) is 0 Å². The van der Waals surface area contributed by atoms with Gasteiger partial charge in [-0.05, 0) is 26.0 Å². The van der Waals surface area contributed by atoms with Crippen LogP contribution in [0.3, 0.4) is 0 Å². The molecule has 6 rings (SSSR count). The lowest BCUT2D eigenvalue weighted by Crippen LogP contribution is -3.00. The van der Waals surface area contributed by atoms with Crippen LogP contribution in [0.15, 0.2) is 56.9 Å². The first-order chi connectivity index (χ1) is 17.4. The zero-order chi connectivity index (χ0) is 24.9. The van der Waals surface area contributed by atoms with E-state index in [1.165, 1.54) is 22.7 Å². The number of nitrogens with zero attached hydrogens (tertiary/aromatic N) is 7. The molecule has 37 heavy (non-hydrogen) atoms. The van der Waals surface area contributed by atoms with Crippen molar-refractivity contribution < 1.29 is 16.9 Å². The molecule has 1 fully saturated rings. The molecule has 1 aliphatic rings. The highest BCUT2D eigenvalue weighted by Gasteiger charge is 2.35. The van der Waals surface area contributed by atoms with E-state index in [2.05, 4.69) is 9.88 Å². The Morgan fingerprint density at radius 3 is 1.89 bits per heavy atom. The van der Waals surface area contributed by atoms with E-state index in [0.717, 1.165) is 54.8 Å². The van der Waals surface area contributed by atoms with Crippen LogP contribution in [0.5, 0.6) is 0 Å². The van der Waals surface area contributed by atoms with Gasteiger partial charge in [0.15, 0.2) is 9.92 Å². The SMILES string of the molecule is Cc1csc2nc(C[N+]3(Cc4cc(=O)n5c(C)csc5n4)CCN(c4ccccn4)CC3)cc(=O)n12.[Cl-]. The molecule has 1 aliphatic heterocycles. The quantitative estimate of drug-likeness (QED) is 0.281. The van der Waals surface area contributed by atoms with Crippen molar-refractivity contribution in [3.05, 3.63) is 90.8 Å². The lowest BCUT2D eigenvalue weighted by atomic mass is 10.1. The van der Waals surface area contributed by atoms with Crippen molar-refractivity contribution in [3.8, 4) is 0 Å². The van der Waals surface area contributed by atoms with Crippen LogP contribution in [-0.4, -0.2) is 54.4 Å². The van der Waals surface area contributed by atoms with Crippen LogP contribution < -0.4 is 28.4 Å². The fraction of sp³-hybridized carbons (Fsp3) is 0.320. The van der Waals surface area contributed by atoms with Gasteiger partial charge >= 0.3 is 0 Å². The maximum atomic E-state index is 12.9. The second-order valence-electron chi connectivity index (χ2n) is 9.44. The number of anilines is 1. The van der Waals surface area contributed by atoms with E-state index < -0.39 is 0 Å². The third-order valence-corrected chi connectivity index (χ3v) is 8.80. The third-order valence-electron chi connectivity index (χ3n) is 6.91. The van der Waals surface area contributed by atoms with Crippen molar-refractivity contribution in [2.75, 3.05) is 31.1 Å². The van der Waals surface area contributed by atoms with Gasteiger partial charge in [-0.25, -0.2) is 15.0 Å². The van der Waals surface area contributed by atoms with E-state index in [-0.39, 0.29) is 23.5 Å². The highest BCUT2D eigenvalue weighted by molar-refractivity contribution is 7.15. The highest BCUT2D eigenvalue weighted by Crippen LogP contribution is 2.25. The number of hydrogen-bond donors (Lipinski definition) is 0. The summed E-state index contributed by atoms with van der Waals surface area (Å²) in [7, 11) is 0. The number of rotatable bonds is 5. The number of thiazole rings is 2. The molecule has 0 radical (unpaired) electrons. The Labute approximate surface area is 227 Å². The molecular weight excluding hydrogens is 530 g/mol. The van der Waals surface area contributed by atoms with Gasteiger partial charge in [-0.2, -0.15) is 0 Å². The minimum Gasteiger partial charge on any atom is -1.00 e. The van der Waals surface area contributed by atoms with E-state index in [9.17, 15) is 9.59 Å². The molecule has 192 valence electrons. The van der Waals surface area contributed by atoms with Gasteiger partial charge < -0.3 is 21.8 Å². The Balaban J connectivity index is 0.00000280. The van der Waals surface area contributed by atoms with Crippen molar-refractivity contribution in [1.82, 2.24) is 23.8 Å². The molecule has 9 nitrogen and oxygen atoms in total. The van der Waals surface area contributed by atoms with Gasteiger partial charge in [0.05, 0.1) is 26.2 Å². The predicted molar refractivity (Wildman–Crippen MR) is 142 cm³/mol. The highest BCUT2D eigenvalue weighted by atomic mass is 35.5. The Kier molecular flexibility index (Phi) is 6.88. The number of piperazine rings is 1. The molecule has 6 heterocycles. The summed E-state index contributed by atoms with van der Waals surface area (Å²) in [6.07, 6.45) is 1.82. The first kappa shape index (κ1) is 25.5. The van der Waals surface area contributed by atoms with Crippen LogP contribution >= 0.6 is 22.7 Å². The molecule has 12 heteroatoms. The Bertz CT molecular complexity index is 1590. The summed E-state index contributed by atoms with van der Waals surface area (Å²) in [5, 5.41) is 3.91. The van der Waals surface area contributed by atoms with Gasteiger partial charge in [-0.3, -0.25) is 18.4 Å². The largest absolute Gasteiger partial charge is 1.00 e. The number of pyridine rings is 1. The summed E-state index contributed by atoms with van der Waals surface area (Å²) in [5.74, 6) is 0.967. The second-order valence-corrected chi connectivity index (χ2v) is 11.1. The maximum absolute atomic E-state index is 12.9. The van der Waals surface area contributed by atoms with Crippen LogP contribution in [0.4, 0.5) is 5.82 Å². The molecule has 5 aromatic heterocycles. The monoisotopic (exact) mass is 555 g/mol. The lowest BCUT2D eigenvalue weighted by molar-refractivity contribution is -0.954. The van der Waals surface area contributed by atoms with Gasteiger partial charge in [0.1, 0.15) is 30.3 Å².